The van der Waals surface area contributed by atoms with Gasteiger partial charge in [0.25, 0.3) is 5.91 Å². The van der Waals surface area contributed by atoms with Gasteiger partial charge in [0.05, 0.1) is 13.7 Å². The maximum absolute atomic E-state index is 13.4. The molecule has 5 rings (SSSR count). The average Bonchev–Trinajstić information content (AvgIpc) is 2.96. The van der Waals surface area contributed by atoms with Gasteiger partial charge in [-0.15, -0.1) is 0 Å². The summed E-state index contributed by atoms with van der Waals surface area (Å²) in [5, 5.41) is 2.81. The normalized spacial score (nSPS) is 17.4. The van der Waals surface area contributed by atoms with Crippen LogP contribution in [0.15, 0.2) is 65.0 Å². The molecule has 3 aliphatic rings. The van der Waals surface area contributed by atoms with Crippen LogP contribution in [0.1, 0.15) is 63.9 Å². The summed E-state index contributed by atoms with van der Waals surface area (Å²) in [4.78, 5) is 41.5. The van der Waals surface area contributed by atoms with Gasteiger partial charge >= 0.3 is 0 Å². The largest absolute Gasteiger partial charge is 0.497 e. The summed E-state index contributed by atoms with van der Waals surface area (Å²) in [6, 6.07) is 12.6. The molecule has 0 aromatic heterocycles. The Balaban J connectivity index is 1.44. The van der Waals surface area contributed by atoms with Gasteiger partial charge in [-0.1, -0.05) is 6.07 Å². The van der Waals surface area contributed by atoms with Crippen molar-refractivity contribution in [1.29, 1.82) is 0 Å². The van der Waals surface area contributed by atoms with Crippen LogP contribution in [0.25, 0.3) is 0 Å². The van der Waals surface area contributed by atoms with Crippen LogP contribution in [-0.4, -0.2) is 49.2 Å². The van der Waals surface area contributed by atoms with Crippen LogP contribution < -0.4 is 19.5 Å². The number of carbonyl (C=O) groups is 3. The van der Waals surface area contributed by atoms with Crippen LogP contribution in [0.2, 0.25) is 0 Å². The van der Waals surface area contributed by atoms with Gasteiger partial charge in [0.1, 0.15) is 5.75 Å². The summed E-state index contributed by atoms with van der Waals surface area (Å²) in [7, 11) is 1.59. The standard InChI is InChI=1S/C32H36N2O6/c1-4-34-23-8-6-10-25(35)31(23)30(32-24(34)9-7-11-26(32)36)20-12-17-27(28(18-20)39-5-2)40-19-29(37)33-21-13-15-22(38-3)16-14-21/h12-18,30H,4-11,19H2,1-3H3,(H,33,37). The van der Waals surface area contributed by atoms with Crippen molar-refractivity contribution in [3.05, 3.63) is 70.6 Å². The van der Waals surface area contributed by atoms with E-state index in [9.17, 15) is 14.4 Å². The smallest absolute Gasteiger partial charge is 0.262 e. The molecule has 210 valence electrons. The molecule has 0 atom stereocenters. The number of nitrogens with one attached hydrogen (secondary N) is 1. The van der Waals surface area contributed by atoms with E-state index < -0.39 is 5.92 Å². The number of ether oxygens (including phenoxy) is 3. The maximum atomic E-state index is 13.4. The van der Waals surface area contributed by atoms with Crippen molar-refractivity contribution in [2.24, 2.45) is 0 Å². The van der Waals surface area contributed by atoms with Gasteiger partial charge in [-0.05, 0) is 81.5 Å². The highest BCUT2D eigenvalue weighted by Gasteiger charge is 2.43. The number of anilines is 1. The van der Waals surface area contributed by atoms with Crippen molar-refractivity contribution in [2.75, 3.05) is 32.2 Å². The van der Waals surface area contributed by atoms with Crippen molar-refractivity contribution in [3.8, 4) is 17.2 Å². The van der Waals surface area contributed by atoms with E-state index in [1.165, 1.54) is 0 Å². The van der Waals surface area contributed by atoms with Gasteiger partial charge in [-0.25, -0.2) is 0 Å². The number of Topliss-reactive ketones (excluding diaryl/α,β-unsaturated/α-hetero) is 2. The predicted molar refractivity (Wildman–Crippen MR) is 152 cm³/mol. The zero-order valence-electron chi connectivity index (χ0n) is 23.4. The highest BCUT2D eigenvalue weighted by Crippen LogP contribution is 2.50. The molecule has 0 bridgehead atoms. The Kier molecular flexibility index (Phi) is 8.24. The van der Waals surface area contributed by atoms with E-state index in [-0.39, 0.29) is 24.1 Å². The fraction of sp³-hybridized carbons (Fsp3) is 0.406. The maximum Gasteiger partial charge on any atom is 0.262 e. The number of benzene rings is 2. The molecule has 0 spiro atoms. The van der Waals surface area contributed by atoms with Gasteiger partial charge in [0, 0.05) is 53.5 Å². The van der Waals surface area contributed by atoms with Crippen LogP contribution in [-0.2, 0) is 14.4 Å². The fourth-order valence-electron chi connectivity index (χ4n) is 6.04. The molecular weight excluding hydrogens is 508 g/mol. The molecule has 8 nitrogen and oxygen atoms in total. The minimum absolute atomic E-state index is 0.114. The lowest BCUT2D eigenvalue weighted by Gasteiger charge is -2.43. The molecule has 1 amide bonds. The monoisotopic (exact) mass is 544 g/mol. The zero-order chi connectivity index (χ0) is 28.2. The fourth-order valence-corrected chi connectivity index (χ4v) is 6.04. The van der Waals surface area contributed by atoms with Gasteiger partial charge < -0.3 is 24.4 Å². The molecule has 0 saturated heterocycles. The summed E-state index contributed by atoms with van der Waals surface area (Å²) in [6.07, 6.45) is 4.30. The first-order valence-corrected chi connectivity index (χ1v) is 14.1. The lowest BCUT2D eigenvalue weighted by Crippen LogP contribution is -2.39. The molecule has 8 heteroatoms. The Morgan fingerprint density at radius 3 is 2.10 bits per heavy atom. The van der Waals surface area contributed by atoms with Gasteiger partial charge in [0.2, 0.25) is 0 Å². The van der Waals surface area contributed by atoms with E-state index >= 15 is 0 Å². The van der Waals surface area contributed by atoms with E-state index in [0.717, 1.165) is 60.3 Å². The Bertz CT molecular complexity index is 1330. The van der Waals surface area contributed by atoms with E-state index in [1.807, 2.05) is 19.1 Å². The van der Waals surface area contributed by atoms with Gasteiger partial charge in [-0.3, -0.25) is 14.4 Å². The lowest BCUT2D eigenvalue weighted by molar-refractivity contribution is -0.118. The number of nitrogens with zero attached hydrogens (tertiary/aromatic N) is 1. The van der Waals surface area contributed by atoms with Crippen molar-refractivity contribution in [1.82, 2.24) is 4.90 Å². The van der Waals surface area contributed by atoms with Crippen molar-refractivity contribution >= 4 is 23.2 Å². The van der Waals surface area contributed by atoms with E-state index in [1.54, 1.807) is 37.4 Å². The number of carbonyl (C=O) groups excluding carboxylic acids is 3. The number of ketones is 2. The first kappa shape index (κ1) is 27.5. The third kappa shape index (κ3) is 5.35. The molecule has 1 aliphatic heterocycles. The van der Waals surface area contributed by atoms with E-state index in [4.69, 9.17) is 14.2 Å². The average molecular weight is 545 g/mol. The second-order valence-electron chi connectivity index (χ2n) is 10.2. The van der Waals surface area contributed by atoms with Crippen molar-refractivity contribution < 1.29 is 28.6 Å². The zero-order valence-corrected chi connectivity index (χ0v) is 23.4. The topological polar surface area (TPSA) is 94.2 Å². The van der Waals surface area contributed by atoms with Crippen molar-refractivity contribution in [2.45, 2.75) is 58.3 Å². The highest BCUT2D eigenvalue weighted by molar-refractivity contribution is 6.06. The molecule has 2 aromatic carbocycles. The quantitative estimate of drug-likeness (QED) is 0.443. The molecular formula is C32H36N2O6. The molecule has 1 N–H and O–H groups in total. The molecule has 2 aromatic rings. The molecule has 0 unspecified atom stereocenters. The molecule has 0 saturated carbocycles. The van der Waals surface area contributed by atoms with Crippen molar-refractivity contribution in [3.63, 3.8) is 0 Å². The summed E-state index contributed by atoms with van der Waals surface area (Å²) in [5.74, 6) is 1.10. The second-order valence-corrected chi connectivity index (χ2v) is 10.2. The van der Waals surface area contributed by atoms with Crippen LogP contribution >= 0.6 is 0 Å². The van der Waals surface area contributed by atoms with E-state index in [2.05, 4.69) is 17.1 Å². The van der Waals surface area contributed by atoms with Crippen LogP contribution in [0.4, 0.5) is 5.69 Å². The molecule has 0 radical (unpaired) electrons. The third-order valence-corrected chi connectivity index (χ3v) is 7.74. The van der Waals surface area contributed by atoms with Gasteiger partial charge in [-0.2, -0.15) is 0 Å². The minimum atomic E-state index is -0.417. The van der Waals surface area contributed by atoms with Crippen LogP contribution in [0, 0.1) is 0 Å². The minimum Gasteiger partial charge on any atom is -0.497 e. The Labute approximate surface area is 235 Å². The summed E-state index contributed by atoms with van der Waals surface area (Å²) in [5.41, 5.74) is 5.08. The lowest BCUT2D eigenvalue weighted by atomic mass is 9.71. The Morgan fingerprint density at radius 1 is 0.875 bits per heavy atom. The Hall–Kier alpha value is -4.07. The van der Waals surface area contributed by atoms with Crippen LogP contribution in [0.5, 0.6) is 17.2 Å². The van der Waals surface area contributed by atoms with E-state index in [0.29, 0.717) is 42.4 Å². The first-order valence-electron chi connectivity index (χ1n) is 14.1. The first-order chi connectivity index (χ1) is 19.4. The van der Waals surface area contributed by atoms with Gasteiger partial charge in [0.15, 0.2) is 29.7 Å². The predicted octanol–water partition coefficient (Wildman–Crippen LogP) is 5.54. The number of hydrogen-bond donors (Lipinski definition) is 1. The molecule has 2 aliphatic carbocycles. The second kappa shape index (κ2) is 12.0. The summed E-state index contributed by atoms with van der Waals surface area (Å²) < 4.78 is 17.0. The Morgan fingerprint density at radius 2 is 1.52 bits per heavy atom. The number of allylic oxidation sites excluding steroid dienone is 4. The highest BCUT2D eigenvalue weighted by atomic mass is 16.5. The molecule has 40 heavy (non-hydrogen) atoms. The summed E-state index contributed by atoms with van der Waals surface area (Å²) in [6.45, 7) is 4.88. The number of hydrogen-bond acceptors (Lipinski definition) is 7. The molecule has 0 fully saturated rings. The number of amides is 1. The number of rotatable bonds is 9. The summed E-state index contributed by atoms with van der Waals surface area (Å²) >= 11 is 0. The number of methoxy groups -OCH3 is 1. The molecule has 1 heterocycles. The third-order valence-electron chi connectivity index (χ3n) is 7.74. The van der Waals surface area contributed by atoms with Crippen LogP contribution in [0.3, 0.4) is 0 Å². The SMILES string of the molecule is CCOc1cc(C2C3=C(CCCC3=O)N(CC)C3=C2C(=O)CCC3)ccc1OCC(=O)Nc1ccc(OC)cc1.